The van der Waals surface area contributed by atoms with E-state index >= 15 is 0 Å². The van der Waals surface area contributed by atoms with Gasteiger partial charge in [-0.2, -0.15) is 5.10 Å². The number of aryl methyl sites for hydroxylation is 1. The molecule has 0 N–H and O–H groups in total. The molecule has 28 heavy (non-hydrogen) atoms. The van der Waals surface area contributed by atoms with E-state index in [2.05, 4.69) is 39.0 Å². The normalized spacial score (nSPS) is 16.8. The standard InChI is InChI=1S/C21H21N7/c1-2-28-19-18(13-24-28)25-20(17-8-4-6-11-23-17)26-21(19)27-12-9-15(14-27)16-7-3-5-10-22-16/h3-8,10-11,13,15H,2,9,12,14H2,1H3. The first-order chi connectivity index (χ1) is 13.8. The summed E-state index contributed by atoms with van der Waals surface area (Å²) < 4.78 is 1.97. The summed E-state index contributed by atoms with van der Waals surface area (Å²) in [5, 5.41) is 4.51. The van der Waals surface area contributed by atoms with Crippen molar-refractivity contribution in [1.29, 1.82) is 0 Å². The van der Waals surface area contributed by atoms with Gasteiger partial charge in [-0.25, -0.2) is 9.97 Å². The van der Waals surface area contributed by atoms with Gasteiger partial charge in [0.05, 0.1) is 6.20 Å². The summed E-state index contributed by atoms with van der Waals surface area (Å²) in [6.45, 7) is 4.69. The Kier molecular flexibility index (Phi) is 4.20. The topological polar surface area (TPSA) is 72.6 Å². The number of anilines is 1. The molecule has 1 aliphatic rings. The summed E-state index contributed by atoms with van der Waals surface area (Å²) in [7, 11) is 0. The first-order valence-corrected chi connectivity index (χ1v) is 9.64. The van der Waals surface area contributed by atoms with Crippen molar-refractivity contribution >= 4 is 16.9 Å². The van der Waals surface area contributed by atoms with Gasteiger partial charge in [-0.1, -0.05) is 12.1 Å². The number of hydrogen-bond acceptors (Lipinski definition) is 6. The molecule has 1 atom stereocenters. The zero-order chi connectivity index (χ0) is 18.9. The Morgan fingerprint density at radius 2 is 1.89 bits per heavy atom. The minimum absolute atomic E-state index is 0.405. The molecule has 5 rings (SSSR count). The highest BCUT2D eigenvalue weighted by Crippen LogP contribution is 2.33. The van der Waals surface area contributed by atoms with Crippen LogP contribution in [-0.2, 0) is 6.54 Å². The van der Waals surface area contributed by atoms with E-state index in [0.29, 0.717) is 11.7 Å². The summed E-state index contributed by atoms with van der Waals surface area (Å²) in [6, 6.07) is 11.9. The van der Waals surface area contributed by atoms with Gasteiger partial charge in [0.15, 0.2) is 11.6 Å². The van der Waals surface area contributed by atoms with Crippen LogP contribution >= 0.6 is 0 Å². The quantitative estimate of drug-likeness (QED) is 0.548. The number of rotatable bonds is 4. The van der Waals surface area contributed by atoms with Crippen LogP contribution in [-0.4, -0.2) is 42.8 Å². The maximum Gasteiger partial charge on any atom is 0.180 e. The van der Waals surface area contributed by atoms with Crippen molar-refractivity contribution in [2.75, 3.05) is 18.0 Å². The van der Waals surface area contributed by atoms with E-state index in [0.717, 1.165) is 54.3 Å². The summed E-state index contributed by atoms with van der Waals surface area (Å²) in [6.07, 6.45) is 6.52. The predicted octanol–water partition coefficient (Wildman–Crippen LogP) is 3.30. The largest absolute Gasteiger partial charge is 0.354 e. The third-order valence-corrected chi connectivity index (χ3v) is 5.26. The van der Waals surface area contributed by atoms with Crippen LogP contribution < -0.4 is 4.90 Å². The number of fused-ring (bicyclic) bond motifs is 1. The molecule has 0 radical (unpaired) electrons. The molecule has 1 unspecified atom stereocenters. The van der Waals surface area contributed by atoms with Gasteiger partial charge < -0.3 is 4.90 Å². The van der Waals surface area contributed by atoms with E-state index in [1.807, 2.05) is 41.3 Å². The summed E-state index contributed by atoms with van der Waals surface area (Å²) in [5.74, 6) is 1.98. The smallest absolute Gasteiger partial charge is 0.180 e. The molecular formula is C21H21N7. The van der Waals surface area contributed by atoms with Crippen molar-refractivity contribution in [3.05, 3.63) is 60.7 Å². The molecule has 4 aromatic rings. The van der Waals surface area contributed by atoms with Crippen LogP contribution in [0.25, 0.3) is 22.6 Å². The van der Waals surface area contributed by atoms with Gasteiger partial charge in [0, 0.05) is 43.6 Å². The molecule has 7 heteroatoms. The van der Waals surface area contributed by atoms with Crippen molar-refractivity contribution in [2.24, 2.45) is 0 Å². The van der Waals surface area contributed by atoms with Gasteiger partial charge in [-0.15, -0.1) is 0 Å². The third-order valence-electron chi connectivity index (χ3n) is 5.26. The minimum atomic E-state index is 0.405. The molecule has 0 aromatic carbocycles. The van der Waals surface area contributed by atoms with Gasteiger partial charge in [-0.3, -0.25) is 14.6 Å². The molecule has 0 spiro atoms. The lowest BCUT2D eigenvalue weighted by Crippen LogP contribution is -2.22. The van der Waals surface area contributed by atoms with Crippen LogP contribution in [0.2, 0.25) is 0 Å². The van der Waals surface area contributed by atoms with E-state index < -0.39 is 0 Å². The maximum absolute atomic E-state index is 4.93. The highest BCUT2D eigenvalue weighted by molar-refractivity contribution is 5.87. The molecule has 1 aliphatic heterocycles. The lowest BCUT2D eigenvalue weighted by molar-refractivity contribution is 0.681. The van der Waals surface area contributed by atoms with Crippen LogP contribution in [0.4, 0.5) is 5.82 Å². The monoisotopic (exact) mass is 371 g/mol. The summed E-state index contributed by atoms with van der Waals surface area (Å²) in [5.41, 5.74) is 3.76. The van der Waals surface area contributed by atoms with Crippen LogP contribution in [0, 0.1) is 0 Å². The van der Waals surface area contributed by atoms with Crippen molar-refractivity contribution in [2.45, 2.75) is 25.8 Å². The Morgan fingerprint density at radius 3 is 2.64 bits per heavy atom. The lowest BCUT2D eigenvalue weighted by atomic mass is 10.0. The molecule has 0 bridgehead atoms. The Bertz CT molecular complexity index is 1090. The molecule has 140 valence electrons. The highest BCUT2D eigenvalue weighted by atomic mass is 15.3. The van der Waals surface area contributed by atoms with E-state index in [-0.39, 0.29) is 0 Å². The summed E-state index contributed by atoms with van der Waals surface area (Å²) >= 11 is 0. The zero-order valence-electron chi connectivity index (χ0n) is 15.7. The second-order valence-corrected chi connectivity index (χ2v) is 6.97. The molecule has 0 saturated carbocycles. The van der Waals surface area contributed by atoms with Crippen LogP contribution in [0.15, 0.2) is 55.0 Å². The fourth-order valence-corrected chi connectivity index (χ4v) is 3.86. The third kappa shape index (κ3) is 2.89. The van der Waals surface area contributed by atoms with Crippen molar-refractivity contribution in [3.8, 4) is 11.5 Å². The average molecular weight is 371 g/mol. The number of hydrogen-bond donors (Lipinski definition) is 0. The fourth-order valence-electron chi connectivity index (χ4n) is 3.86. The highest BCUT2D eigenvalue weighted by Gasteiger charge is 2.28. The average Bonchev–Trinajstić information content (AvgIpc) is 3.42. The second kappa shape index (κ2) is 6.99. The Hall–Kier alpha value is -3.35. The van der Waals surface area contributed by atoms with Gasteiger partial charge in [0.2, 0.25) is 0 Å². The molecule has 4 aromatic heterocycles. The number of aromatic nitrogens is 6. The van der Waals surface area contributed by atoms with Crippen molar-refractivity contribution < 1.29 is 0 Å². The van der Waals surface area contributed by atoms with E-state index in [1.54, 1.807) is 6.20 Å². The number of nitrogens with zero attached hydrogens (tertiary/aromatic N) is 7. The summed E-state index contributed by atoms with van der Waals surface area (Å²) in [4.78, 5) is 21.0. The minimum Gasteiger partial charge on any atom is -0.354 e. The molecule has 0 aliphatic carbocycles. The first-order valence-electron chi connectivity index (χ1n) is 9.64. The van der Waals surface area contributed by atoms with Gasteiger partial charge in [0.1, 0.15) is 16.7 Å². The SMILES string of the molecule is CCn1ncc2nc(-c3ccccn3)nc(N3CCC(c4ccccn4)C3)c21. The fraction of sp³-hybridized carbons (Fsp3) is 0.286. The predicted molar refractivity (Wildman–Crippen MR) is 108 cm³/mol. The Balaban J connectivity index is 1.58. The molecule has 7 nitrogen and oxygen atoms in total. The van der Waals surface area contributed by atoms with Gasteiger partial charge >= 0.3 is 0 Å². The van der Waals surface area contributed by atoms with E-state index in [4.69, 9.17) is 9.97 Å². The zero-order valence-corrected chi connectivity index (χ0v) is 15.7. The Labute approximate surface area is 163 Å². The van der Waals surface area contributed by atoms with E-state index in [9.17, 15) is 0 Å². The molecule has 0 amide bonds. The van der Waals surface area contributed by atoms with Crippen LogP contribution in [0.5, 0.6) is 0 Å². The van der Waals surface area contributed by atoms with Crippen LogP contribution in [0.3, 0.4) is 0 Å². The maximum atomic E-state index is 4.93. The molecule has 5 heterocycles. The molecular weight excluding hydrogens is 350 g/mol. The van der Waals surface area contributed by atoms with Gasteiger partial charge in [-0.05, 0) is 37.6 Å². The Morgan fingerprint density at radius 1 is 1.04 bits per heavy atom. The van der Waals surface area contributed by atoms with Crippen molar-refractivity contribution in [3.63, 3.8) is 0 Å². The first kappa shape index (κ1) is 16.8. The number of pyridine rings is 2. The lowest BCUT2D eigenvalue weighted by Gasteiger charge is -2.20. The van der Waals surface area contributed by atoms with Crippen LogP contribution in [0.1, 0.15) is 25.0 Å². The molecule has 1 saturated heterocycles. The van der Waals surface area contributed by atoms with Gasteiger partial charge in [0.25, 0.3) is 0 Å². The van der Waals surface area contributed by atoms with Crippen molar-refractivity contribution in [1.82, 2.24) is 29.7 Å². The molecule has 1 fully saturated rings. The second-order valence-electron chi connectivity index (χ2n) is 6.97. The van der Waals surface area contributed by atoms with E-state index in [1.165, 1.54) is 0 Å².